The van der Waals surface area contributed by atoms with Crippen LogP contribution in [0, 0.1) is 0 Å². The molecule has 148 valence electrons. The fraction of sp³-hybridized carbons (Fsp3) is 0.263. The molecule has 1 fully saturated rings. The molecule has 9 heteroatoms. The van der Waals surface area contributed by atoms with Gasteiger partial charge in [-0.1, -0.05) is 23.2 Å². The molecule has 1 saturated heterocycles. The predicted octanol–water partition coefficient (Wildman–Crippen LogP) is 3.10. The van der Waals surface area contributed by atoms with E-state index in [4.69, 9.17) is 23.2 Å². The van der Waals surface area contributed by atoms with E-state index in [0.29, 0.717) is 41.7 Å². The quantitative estimate of drug-likeness (QED) is 0.642. The summed E-state index contributed by atoms with van der Waals surface area (Å²) in [6, 6.07) is 6.88. The van der Waals surface area contributed by atoms with Gasteiger partial charge in [0.15, 0.2) is 17.2 Å². The minimum absolute atomic E-state index is 0.0528. The minimum Gasteiger partial charge on any atom is -0.504 e. The van der Waals surface area contributed by atoms with Crippen molar-refractivity contribution in [2.75, 3.05) is 26.2 Å². The fourth-order valence-electron chi connectivity index (χ4n) is 3.05. The second-order valence-electron chi connectivity index (χ2n) is 6.43. The van der Waals surface area contributed by atoms with Crippen molar-refractivity contribution in [1.29, 1.82) is 0 Å². The first-order valence-electron chi connectivity index (χ1n) is 8.56. The number of aromatic hydroxyl groups is 3. The standard InChI is InChI=1S/C19H18Cl2N2O5/c20-13-3-2-11(8-14(13)21)18(27)22-4-1-5-23(7-6-22)19(28)12-9-15(24)17(26)16(25)10-12/h2-3,8-10,24-26H,1,4-7H2. The lowest BCUT2D eigenvalue weighted by Gasteiger charge is -2.22. The van der Waals surface area contributed by atoms with Gasteiger partial charge in [-0.2, -0.15) is 0 Å². The van der Waals surface area contributed by atoms with E-state index in [1.807, 2.05) is 0 Å². The van der Waals surface area contributed by atoms with Crippen LogP contribution < -0.4 is 0 Å². The minimum atomic E-state index is -0.675. The van der Waals surface area contributed by atoms with Gasteiger partial charge in [-0.05, 0) is 36.8 Å². The number of carbonyl (C=O) groups is 2. The number of carbonyl (C=O) groups excluding carboxylic acids is 2. The van der Waals surface area contributed by atoms with Crippen molar-refractivity contribution >= 4 is 35.0 Å². The maximum atomic E-state index is 12.7. The van der Waals surface area contributed by atoms with E-state index < -0.39 is 23.2 Å². The number of phenols is 3. The molecule has 7 nitrogen and oxygen atoms in total. The highest BCUT2D eigenvalue weighted by molar-refractivity contribution is 6.42. The summed E-state index contributed by atoms with van der Waals surface area (Å²) in [6.45, 7) is 1.48. The monoisotopic (exact) mass is 424 g/mol. The summed E-state index contributed by atoms with van der Waals surface area (Å²) in [5, 5.41) is 29.3. The lowest BCUT2D eigenvalue weighted by atomic mass is 10.1. The number of nitrogens with zero attached hydrogens (tertiary/aromatic N) is 2. The molecule has 0 atom stereocenters. The van der Waals surface area contributed by atoms with Gasteiger partial charge in [0, 0.05) is 37.3 Å². The molecule has 0 bridgehead atoms. The van der Waals surface area contributed by atoms with E-state index in [1.54, 1.807) is 17.0 Å². The Hall–Kier alpha value is -2.64. The third kappa shape index (κ3) is 4.10. The number of halogens is 2. The molecule has 1 aliphatic heterocycles. The Morgan fingerprint density at radius 3 is 1.82 bits per heavy atom. The van der Waals surface area contributed by atoms with Crippen LogP contribution >= 0.6 is 23.2 Å². The third-order valence-electron chi connectivity index (χ3n) is 4.55. The summed E-state index contributed by atoms with van der Waals surface area (Å²) in [5.74, 6) is -2.43. The number of rotatable bonds is 2. The van der Waals surface area contributed by atoms with Crippen LogP contribution in [0.5, 0.6) is 17.2 Å². The third-order valence-corrected chi connectivity index (χ3v) is 5.29. The van der Waals surface area contributed by atoms with Crippen molar-refractivity contribution in [3.63, 3.8) is 0 Å². The Kier molecular flexibility index (Phi) is 5.86. The summed E-state index contributed by atoms with van der Waals surface area (Å²) >= 11 is 11.9. The van der Waals surface area contributed by atoms with Crippen molar-refractivity contribution in [2.45, 2.75) is 6.42 Å². The molecule has 28 heavy (non-hydrogen) atoms. The van der Waals surface area contributed by atoms with Crippen molar-refractivity contribution in [3.8, 4) is 17.2 Å². The molecule has 3 rings (SSSR count). The van der Waals surface area contributed by atoms with Crippen molar-refractivity contribution in [3.05, 3.63) is 51.5 Å². The number of hydrogen-bond acceptors (Lipinski definition) is 5. The van der Waals surface area contributed by atoms with Gasteiger partial charge in [-0.25, -0.2) is 0 Å². The highest BCUT2D eigenvalue weighted by Gasteiger charge is 2.25. The molecule has 0 radical (unpaired) electrons. The Bertz CT molecular complexity index is 912. The van der Waals surface area contributed by atoms with E-state index in [-0.39, 0.29) is 18.0 Å². The van der Waals surface area contributed by atoms with Gasteiger partial charge in [0.05, 0.1) is 10.0 Å². The number of benzene rings is 2. The fourth-order valence-corrected chi connectivity index (χ4v) is 3.34. The summed E-state index contributed by atoms with van der Waals surface area (Å²) in [6.07, 6.45) is 0.564. The van der Waals surface area contributed by atoms with Crippen LogP contribution in [-0.4, -0.2) is 63.1 Å². The van der Waals surface area contributed by atoms with E-state index in [1.165, 1.54) is 11.0 Å². The zero-order valence-corrected chi connectivity index (χ0v) is 16.2. The Morgan fingerprint density at radius 1 is 0.750 bits per heavy atom. The highest BCUT2D eigenvalue weighted by atomic mass is 35.5. The molecule has 2 aromatic carbocycles. The van der Waals surface area contributed by atoms with Crippen LogP contribution in [0.2, 0.25) is 10.0 Å². The van der Waals surface area contributed by atoms with E-state index in [9.17, 15) is 24.9 Å². The zero-order chi connectivity index (χ0) is 20.4. The topological polar surface area (TPSA) is 101 Å². The largest absolute Gasteiger partial charge is 0.504 e. The van der Waals surface area contributed by atoms with Crippen molar-refractivity contribution < 1.29 is 24.9 Å². The number of amides is 2. The maximum Gasteiger partial charge on any atom is 0.254 e. The molecule has 0 aliphatic carbocycles. The molecule has 2 aromatic rings. The SMILES string of the molecule is O=C(c1cc(O)c(O)c(O)c1)N1CCCN(C(=O)c2ccc(Cl)c(Cl)c2)CC1. The average Bonchev–Trinajstić information content (AvgIpc) is 2.93. The normalized spacial score (nSPS) is 14.6. The molecule has 0 unspecified atom stereocenters. The summed E-state index contributed by atoms with van der Waals surface area (Å²) in [4.78, 5) is 28.6. The van der Waals surface area contributed by atoms with Gasteiger partial charge < -0.3 is 25.1 Å². The predicted molar refractivity (Wildman–Crippen MR) is 104 cm³/mol. The van der Waals surface area contributed by atoms with Crippen LogP contribution in [0.15, 0.2) is 30.3 Å². The van der Waals surface area contributed by atoms with Crippen molar-refractivity contribution in [2.24, 2.45) is 0 Å². The first-order chi connectivity index (χ1) is 13.3. The summed E-state index contributed by atoms with van der Waals surface area (Å²) in [5.41, 5.74) is 0.472. The Morgan fingerprint density at radius 2 is 1.29 bits per heavy atom. The van der Waals surface area contributed by atoms with E-state index >= 15 is 0 Å². The van der Waals surface area contributed by atoms with Crippen LogP contribution in [-0.2, 0) is 0 Å². The average molecular weight is 425 g/mol. The molecule has 0 aromatic heterocycles. The number of phenolic OH excluding ortho intramolecular Hbond substituents is 3. The van der Waals surface area contributed by atoms with Crippen LogP contribution in [0.4, 0.5) is 0 Å². The molecule has 2 amide bonds. The van der Waals surface area contributed by atoms with Gasteiger partial charge in [0.2, 0.25) is 0 Å². The summed E-state index contributed by atoms with van der Waals surface area (Å²) in [7, 11) is 0. The smallest absolute Gasteiger partial charge is 0.254 e. The van der Waals surface area contributed by atoms with Gasteiger partial charge in [-0.15, -0.1) is 0 Å². The molecule has 3 N–H and O–H groups in total. The Labute approximate surface area is 171 Å². The number of hydrogen-bond donors (Lipinski definition) is 3. The molecular weight excluding hydrogens is 407 g/mol. The van der Waals surface area contributed by atoms with Gasteiger partial charge in [0.25, 0.3) is 11.8 Å². The Balaban J connectivity index is 1.71. The van der Waals surface area contributed by atoms with E-state index in [0.717, 1.165) is 12.1 Å². The van der Waals surface area contributed by atoms with E-state index in [2.05, 4.69) is 0 Å². The molecule has 0 saturated carbocycles. The zero-order valence-electron chi connectivity index (χ0n) is 14.7. The second kappa shape index (κ2) is 8.16. The summed E-state index contributed by atoms with van der Waals surface area (Å²) < 4.78 is 0. The first kappa shape index (κ1) is 20.1. The van der Waals surface area contributed by atoms with Crippen LogP contribution in [0.25, 0.3) is 0 Å². The molecule has 0 spiro atoms. The van der Waals surface area contributed by atoms with Gasteiger partial charge in [0.1, 0.15) is 0 Å². The maximum absolute atomic E-state index is 12.7. The molecule has 1 aliphatic rings. The lowest BCUT2D eigenvalue weighted by molar-refractivity contribution is 0.0718. The van der Waals surface area contributed by atoms with Crippen LogP contribution in [0.3, 0.4) is 0 Å². The van der Waals surface area contributed by atoms with Crippen molar-refractivity contribution in [1.82, 2.24) is 9.80 Å². The highest BCUT2D eigenvalue weighted by Crippen LogP contribution is 2.35. The first-order valence-corrected chi connectivity index (χ1v) is 9.32. The van der Waals surface area contributed by atoms with Crippen LogP contribution in [0.1, 0.15) is 27.1 Å². The van der Waals surface area contributed by atoms with Gasteiger partial charge in [-0.3, -0.25) is 9.59 Å². The molecular formula is C19H18Cl2N2O5. The lowest BCUT2D eigenvalue weighted by Crippen LogP contribution is -2.37. The second-order valence-corrected chi connectivity index (χ2v) is 7.24. The van der Waals surface area contributed by atoms with Gasteiger partial charge >= 0.3 is 0 Å². The molecule has 1 heterocycles.